The molecule has 0 amide bonds. The predicted octanol–water partition coefficient (Wildman–Crippen LogP) is 4.55. The maximum absolute atomic E-state index is 12.4. The van der Waals surface area contributed by atoms with E-state index < -0.39 is 5.97 Å². The van der Waals surface area contributed by atoms with Gasteiger partial charge in [-0.05, 0) is 57.2 Å². The van der Waals surface area contributed by atoms with E-state index in [1.807, 2.05) is 23.6 Å². The Labute approximate surface area is 173 Å². The van der Waals surface area contributed by atoms with Crippen molar-refractivity contribution in [2.75, 3.05) is 13.7 Å². The molecule has 0 N–H and O–H groups in total. The van der Waals surface area contributed by atoms with Crippen LogP contribution in [-0.4, -0.2) is 35.8 Å². The number of ketones is 2. The number of fused-ring (bicyclic) bond motifs is 1. The summed E-state index contributed by atoms with van der Waals surface area (Å²) in [7, 11) is 1.25. The average Bonchev–Trinajstić information content (AvgIpc) is 2.96. The van der Waals surface area contributed by atoms with Gasteiger partial charge in [-0.2, -0.15) is 0 Å². The van der Waals surface area contributed by atoms with Gasteiger partial charge in [0.2, 0.25) is 0 Å². The van der Waals surface area contributed by atoms with Crippen molar-refractivity contribution < 1.29 is 23.9 Å². The minimum absolute atomic E-state index is 0.116. The van der Waals surface area contributed by atoms with Gasteiger partial charge in [0.1, 0.15) is 5.75 Å². The van der Waals surface area contributed by atoms with Crippen LogP contribution in [0.2, 0.25) is 5.02 Å². The Balaban J connectivity index is 2.30. The fourth-order valence-corrected chi connectivity index (χ4v) is 3.52. The second kappa shape index (κ2) is 8.09. The molecule has 7 heteroatoms. The monoisotopic (exact) mass is 413 g/mol. The first kappa shape index (κ1) is 20.6. The van der Waals surface area contributed by atoms with Crippen molar-refractivity contribution in [1.82, 2.24) is 4.57 Å². The number of nitrogens with zero attached hydrogens (tertiary/aromatic N) is 1. The van der Waals surface area contributed by atoms with Crippen molar-refractivity contribution in [3.63, 3.8) is 0 Å². The molecule has 0 saturated carbocycles. The van der Waals surface area contributed by atoms with E-state index in [1.54, 1.807) is 24.3 Å². The van der Waals surface area contributed by atoms with Crippen LogP contribution in [0, 0.1) is 6.92 Å². The summed E-state index contributed by atoms with van der Waals surface area (Å²) in [5, 5.41) is 1.23. The van der Waals surface area contributed by atoms with Crippen LogP contribution < -0.4 is 4.74 Å². The normalized spacial score (nSPS) is 10.8. The lowest BCUT2D eigenvalue weighted by Crippen LogP contribution is -2.14. The highest BCUT2D eigenvalue weighted by atomic mass is 35.5. The van der Waals surface area contributed by atoms with E-state index in [-0.39, 0.29) is 23.9 Å². The zero-order valence-electron chi connectivity index (χ0n) is 16.5. The number of methoxy groups -OCH3 is 1. The average molecular weight is 414 g/mol. The van der Waals surface area contributed by atoms with E-state index in [2.05, 4.69) is 4.74 Å². The largest absolute Gasteiger partial charge is 0.481 e. The third kappa shape index (κ3) is 3.89. The molecule has 0 unspecified atom stereocenters. The van der Waals surface area contributed by atoms with Gasteiger partial charge in [-0.15, -0.1) is 0 Å². The van der Waals surface area contributed by atoms with Crippen LogP contribution in [-0.2, 0) is 9.53 Å². The van der Waals surface area contributed by atoms with Crippen LogP contribution in [0.3, 0.4) is 0 Å². The van der Waals surface area contributed by atoms with Gasteiger partial charge in [-0.25, -0.2) is 4.79 Å². The molecule has 1 aromatic heterocycles. The van der Waals surface area contributed by atoms with Gasteiger partial charge in [0, 0.05) is 27.4 Å². The maximum atomic E-state index is 12.4. The molecule has 1 heterocycles. The summed E-state index contributed by atoms with van der Waals surface area (Å²) in [5.74, 6) is -0.681. The number of Topliss-reactive ketones (excluding diaryl/α,β-unsaturated/α-hetero) is 2. The van der Waals surface area contributed by atoms with E-state index in [1.165, 1.54) is 21.0 Å². The molecule has 0 radical (unpaired) electrons. The van der Waals surface area contributed by atoms with Gasteiger partial charge < -0.3 is 14.0 Å². The second-order valence-corrected chi connectivity index (χ2v) is 7.05. The number of hydrogen-bond donors (Lipinski definition) is 0. The van der Waals surface area contributed by atoms with Gasteiger partial charge >= 0.3 is 5.97 Å². The minimum atomic E-state index is -0.568. The lowest BCUT2D eigenvalue weighted by molar-refractivity contribution is -0.142. The molecule has 6 nitrogen and oxygen atoms in total. The number of hydrogen-bond acceptors (Lipinski definition) is 5. The topological polar surface area (TPSA) is 74.6 Å². The molecular weight excluding hydrogens is 394 g/mol. The fraction of sp³-hybridized carbons (Fsp3) is 0.227. The summed E-state index contributed by atoms with van der Waals surface area (Å²) in [6.45, 7) is 4.41. The number of aromatic nitrogens is 1. The van der Waals surface area contributed by atoms with Crippen LogP contribution in [0.1, 0.15) is 40.3 Å². The van der Waals surface area contributed by atoms with Crippen LogP contribution in [0.15, 0.2) is 36.4 Å². The summed E-state index contributed by atoms with van der Waals surface area (Å²) in [5.41, 5.74) is 3.06. The van der Waals surface area contributed by atoms with Gasteiger partial charge in [0.25, 0.3) is 0 Å². The summed E-state index contributed by atoms with van der Waals surface area (Å²) >= 11 is 6.01. The van der Waals surface area contributed by atoms with Gasteiger partial charge in [0.15, 0.2) is 18.2 Å². The number of halogens is 1. The third-order valence-electron chi connectivity index (χ3n) is 4.69. The van der Waals surface area contributed by atoms with Gasteiger partial charge in [-0.3, -0.25) is 9.59 Å². The number of rotatable bonds is 6. The number of ether oxygens (including phenoxy) is 2. The van der Waals surface area contributed by atoms with E-state index in [9.17, 15) is 14.4 Å². The minimum Gasteiger partial charge on any atom is -0.481 e. The maximum Gasteiger partial charge on any atom is 0.343 e. The lowest BCUT2D eigenvalue weighted by atomic mass is 10.0. The zero-order chi connectivity index (χ0) is 21.3. The molecule has 3 rings (SSSR count). The van der Waals surface area contributed by atoms with Crippen molar-refractivity contribution in [3.05, 3.63) is 58.2 Å². The molecule has 2 aromatic carbocycles. The Hall–Kier alpha value is -3.12. The molecule has 0 bridgehead atoms. The van der Waals surface area contributed by atoms with Gasteiger partial charge in [0.05, 0.1) is 18.2 Å². The highest BCUT2D eigenvalue weighted by Crippen LogP contribution is 2.35. The van der Waals surface area contributed by atoms with Gasteiger partial charge in [-0.1, -0.05) is 11.6 Å². The van der Waals surface area contributed by atoms with Crippen molar-refractivity contribution >= 4 is 40.0 Å². The third-order valence-corrected chi connectivity index (χ3v) is 4.95. The summed E-state index contributed by atoms with van der Waals surface area (Å²) in [6.07, 6.45) is 0. The summed E-state index contributed by atoms with van der Waals surface area (Å²) in [6, 6.07) is 10.5. The Kier molecular flexibility index (Phi) is 5.75. The molecule has 29 heavy (non-hydrogen) atoms. The van der Waals surface area contributed by atoms with Crippen molar-refractivity contribution in [1.29, 1.82) is 0 Å². The molecule has 0 fully saturated rings. The Bertz CT molecular complexity index is 1130. The molecule has 0 aliphatic carbocycles. The Morgan fingerprint density at radius 2 is 1.69 bits per heavy atom. The fourth-order valence-electron chi connectivity index (χ4n) is 3.40. The molecule has 0 spiro atoms. The highest BCUT2D eigenvalue weighted by molar-refractivity contribution is 6.30. The lowest BCUT2D eigenvalue weighted by Gasteiger charge is -2.12. The molecule has 0 atom stereocenters. The summed E-state index contributed by atoms with van der Waals surface area (Å²) in [4.78, 5) is 36.1. The molecule has 0 saturated heterocycles. The number of carbonyl (C=O) groups is 3. The van der Waals surface area contributed by atoms with E-state index in [0.717, 1.165) is 11.4 Å². The SMILES string of the molecule is COC(=O)COc1cc2c(C(C)=O)c(C)n(-c3ccc(Cl)cc3)c2cc1C(C)=O. The van der Waals surface area contributed by atoms with Crippen LogP contribution in [0.4, 0.5) is 0 Å². The van der Waals surface area contributed by atoms with Crippen LogP contribution >= 0.6 is 11.6 Å². The number of benzene rings is 2. The smallest absolute Gasteiger partial charge is 0.343 e. The Morgan fingerprint density at radius 1 is 1.03 bits per heavy atom. The quantitative estimate of drug-likeness (QED) is 0.437. The van der Waals surface area contributed by atoms with E-state index >= 15 is 0 Å². The van der Waals surface area contributed by atoms with Crippen molar-refractivity contribution in [3.8, 4) is 11.4 Å². The van der Waals surface area contributed by atoms with Crippen LogP contribution in [0.5, 0.6) is 5.75 Å². The number of esters is 1. The second-order valence-electron chi connectivity index (χ2n) is 6.61. The molecule has 3 aromatic rings. The standard InChI is InChI=1S/C22H20ClNO5/c1-12-22(14(3)26)18-10-20(29-11-21(27)28-4)17(13(2)25)9-19(18)24(12)16-7-5-15(23)6-8-16/h5-10H,11H2,1-4H3. The molecule has 0 aliphatic rings. The predicted molar refractivity (Wildman–Crippen MR) is 111 cm³/mol. The van der Waals surface area contributed by atoms with Crippen molar-refractivity contribution in [2.45, 2.75) is 20.8 Å². The Morgan fingerprint density at radius 3 is 2.24 bits per heavy atom. The molecule has 0 aliphatic heterocycles. The van der Waals surface area contributed by atoms with Crippen LogP contribution in [0.25, 0.3) is 16.6 Å². The van der Waals surface area contributed by atoms with E-state index in [4.69, 9.17) is 16.3 Å². The first-order valence-electron chi connectivity index (χ1n) is 8.91. The van der Waals surface area contributed by atoms with E-state index in [0.29, 0.717) is 27.1 Å². The first-order valence-corrected chi connectivity index (χ1v) is 9.28. The van der Waals surface area contributed by atoms with Crippen molar-refractivity contribution in [2.24, 2.45) is 0 Å². The first-order chi connectivity index (χ1) is 13.7. The molecular formula is C22H20ClNO5. The zero-order valence-corrected chi connectivity index (χ0v) is 17.3. The summed E-state index contributed by atoms with van der Waals surface area (Å²) < 4.78 is 12.0. The molecule has 150 valence electrons. The highest BCUT2D eigenvalue weighted by Gasteiger charge is 2.22. The number of carbonyl (C=O) groups excluding carboxylic acids is 3.